The molecule has 1 aromatic heterocycles. The van der Waals surface area contributed by atoms with Crippen LogP contribution in [0.4, 0.5) is 18.9 Å². The molecule has 1 saturated heterocycles. The van der Waals surface area contributed by atoms with Crippen LogP contribution < -0.4 is 5.32 Å². The van der Waals surface area contributed by atoms with Crippen LogP contribution in [0.25, 0.3) is 11.4 Å². The zero-order valence-corrected chi connectivity index (χ0v) is 17.5. The number of benzene rings is 2. The highest BCUT2D eigenvalue weighted by Gasteiger charge is 2.32. The van der Waals surface area contributed by atoms with Crippen molar-refractivity contribution in [2.24, 2.45) is 5.92 Å². The van der Waals surface area contributed by atoms with E-state index in [1.54, 1.807) is 0 Å². The van der Waals surface area contributed by atoms with Crippen molar-refractivity contribution in [2.75, 3.05) is 18.4 Å². The molecule has 1 amide bonds. The van der Waals surface area contributed by atoms with Gasteiger partial charge in [-0.3, -0.25) is 9.69 Å². The van der Waals surface area contributed by atoms with E-state index in [1.165, 1.54) is 12.1 Å². The van der Waals surface area contributed by atoms with E-state index in [9.17, 15) is 18.0 Å². The van der Waals surface area contributed by atoms with E-state index in [0.29, 0.717) is 12.4 Å². The summed E-state index contributed by atoms with van der Waals surface area (Å²) < 4.78 is 44.4. The van der Waals surface area contributed by atoms with Crippen LogP contribution in [0.2, 0.25) is 0 Å². The Morgan fingerprint density at radius 1 is 1.19 bits per heavy atom. The van der Waals surface area contributed by atoms with Crippen LogP contribution in [0.1, 0.15) is 37.3 Å². The Morgan fingerprint density at radius 2 is 1.97 bits per heavy atom. The van der Waals surface area contributed by atoms with Crippen LogP contribution in [0.3, 0.4) is 0 Å². The first-order valence-corrected chi connectivity index (χ1v) is 10.4. The van der Waals surface area contributed by atoms with Crippen molar-refractivity contribution in [1.82, 2.24) is 15.0 Å². The number of carbonyl (C=O) groups excluding carboxylic acids is 1. The molecule has 0 radical (unpaired) electrons. The van der Waals surface area contributed by atoms with Crippen LogP contribution >= 0.6 is 0 Å². The van der Waals surface area contributed by atoms with Crippen LogP contribution in [0.5, 0.6) is 0 Å². The van der Waals surface area contributed by atoms with Gasteiger partial charge < -0.3 is 9.84 Å². The summed E-state index contributed by atoms with van der Waals surface area (Å²) in [7, 11) is 0. The van der Waals surface area contributed by atoms with Gasteiger partial charge >= 0.3 is 6.18 Å². The molecule has 1 fully saturated rings. The van der Waals surface area contributed by atoms with Gasteiger partial charge in [-0.2, -0.15) is 18.2 Å². The average Bonchev–Trinajstić information content (AvgIpc) is 3.29. The summed E-state index contributed by atoms with van der Waals surface area (Å²) in [5.41, 5.74) is 0.226. The number of nitrogens with zero attached hydrogens (tertiary/aromatic N) is 3. The molecule has 3 aromatic rings. The Hall–Kier alpha value is -3.20. The Morgan fingerprint density at radius 3 is 2.72 bits per heavy atom. The maximum absolute atomic E-state index is 13.0. The van der Waals surface area contributed by atoms with E-state index in [0.717, 1.165) is 37.2 Å². The van der Waals surface area contributed by atoms with E-state index in [-0.39, 0.29) is 29.3 Å². The molecule has 32 heavy (non-hydrogen) atoms. The largest absolute Gasteiger partial charge is 0.416 e. The molecule has 0 bridgehead atoms. The maximum atomic E-state index is 13.0. The minimum Gasteiger partial charge on any atom is -0.337 e. The minimum absolute atomic E-state index is 0.0386. The second-order valence-corrected chi connectivity index (χ2v) is 7.90. The van der Waals surface area contributed by atoms with Gasteiger partial charge in [0.1, 0.15) is 0 Å². The number of piperidine rings is 1. The Labute approximate surface area is 183 Å². The summed E-state index contributed by atoms with van der Waals surface area (Å²) in [4.78, 5) is 19.1. The van der Waals surface area contributed by atoms with Crippen LogP contribution in [-0.2, 0) is 11.0 Å². The van der Waals surface area contributed by atoms with Gasteiger partial charge in [0.05, 0.1) is 17.5 Å². The van der Waals surface area contributed by atoms with Crippen molar-refractivity contribution < 1.29 is 22.5 Å². The molecule has 0 aliphatic carbocycles. The first-order valence-electron chi connectivity index (χ1n) is 10.4. The van der Waals surface area contributed by atoms with Crippen molar-refractivity contribution in [3.63, 3.8) is 0 Å². The normalized spacial score (nSPS) is 18.3. The molecule has 0 saturated carbocycles. The predicted octanol–water partition coefficient (Wildman–Crippen LogP) is 5.17. The molecular formula is C23H23F3N4O2. The van der Waals surface area contributed by atoms with Gasteiger partial charge in [-0.25, -0.2) is 0 Å². The van der Waals surface area contributed by atoms with Crippen LogP contribution in [0, 0.1) is 5.92 Å². The SMILES string of the molecule is C[C@H](c1nc(-c2cccc(C(F)(F)F)c2)no1)N1CCC[C@H](C(=O)Nc2ccccc2)C1. The number of aromatic nitrogens is 2. The van der Waals surface area contributed by atoms with Crippen molar-refractivity contribution in [3.8, 4) is 11.4 Å². The zero-order chi connectivity index (χ0) is 22.7. The first-order chi connectivity index (χ1) is 15.3. The van der Waals surface area contributed by atoms with Gasteiger partial charge in [-0.1, -0.05) is 35.5 Å². The number of nitrogens with one attached hydrogen (secondary N) is 1. The topological polar surface area (TPSA) is 71.3 Å². The third-order valence-corrected chi connectivity index (χ3v) is 5.66. The lowest BCUT2D eigenvalue weighted by atomic mass is 9.96. The highest BCUT2D eigenvalue weighted by atomic mass is 19.4. The molecule has 0 spiro atoms. The van der Waals surface area contributed by atoms with Crippen molar-refractivity contribution in [3.05, 3.63) is 66.1 Å². The van der Waals surface area contributed by atoms with Crippen molar-refractivity contribution in [1.29, 1.82) is 0 Å². The number of likely N-dealkylation sites (tertiary alicyclic amines) is 1. The second-order valence-electron chi connectivity index (χ2n) is 7.90. The predicted molar refractivity (Wildman–Crippen MR) is 113 cm³/mol. The summed E-state index contributed by atoms with van der Waals surface area (Å²) in [5, 5.41) is 6.82. The number of amides is 1. The van der Waals surface area contributed by atoms with E-state index in [2.05, 4.69) is 20.4 Å². The number of carbonyl (C=O) groups is 1. The van der Waals surface area contributed by atoms with Crippen molar-refractivity contribution >= 4 is 11.6 Å². The van der Waals surface area contributed by atoms with E-state index < -0.39 is 11.7 Å². The standard InChI is InChI=1S/C23H23F3N4O2/c1-15(22-28-20(29-32-22)16-7-5-9-18(13-16)23(24,25)26)30-12-6-8-17(14-30)21(31)27-19-10-3-2-4-11-19/h2-5,7,9-11,13,15,17H,6,8,12,14H2,1H3,(H,27,31)/t15-,17+/m1/s1. The quantitative estimate of drug-likeness (QED) is 0.588. The fourth-order valence-electron chi connectivity index (χ4n) is 3.85. The monoisotopic (exact) mass is 444 g/mol. The lowest BCUT2D eigenvalue weighted by molar-refractivity contribution is -0.137. The second kappa shape index (κ2) is 9.12. The highest BCUT2D eigenvalue weighted by molar-refractivity contribution is 5.92. The number of hydrogen-bond donors (Lipinski definition) is 1. The third-order valence-electron chi connectivity index (χ3n) is 5.66. The molecule has 168 valence electrons. The molecule has 1 aliphatic heterocycles. The van der Waals surface area contributed by atoms with Crippen LogP contribution in [-0.4, -0.2) is 34.0 Å². The smallest absolute Gasteiger partial charge is 0.337 e. The lowest BCUT2D eigenvalue weighted by Crippen LogP contribution is -2.41. The Kier molecular flexibility index (Phi) is 6.27. The molecule has 1 N–H and O–H groups in total. The molecule has 2 atom stereocenters. The van der Waals surface area contributed by atoms with Gasteiger partial charge in [0.15, 0.2) is 0 Å². The van der Waals surface area contributed by atoms with Crippen molar-refractivity contribution in [2.45, 2.75) is 32.0 Å². The summed E-state index contributed by atoms with van der Waals surface area (Å²) in [6.07, 6.45) is -2.83. The lowest BCUT2D eigenvalue weighted by Gasteiger charge is -2.34. The summed E-state index contributed by atoms with van der Waals surface area (Å²) >= 11 is 0. The van der Waals surface area contributed by atoms with E-state index >= 15 is 0 Å². The number of anilines is 1. The summed E-state index contributed by atoms with van der Waals surface area (Å²) in [5.74, 6) is 0.190. The van der Waals surface area contributed by atoms with Crippen LogP contribution in [0.15, 0.2) is 59.1 Å². The number of halogens is 3. The number of alkyl halides is 3. The zero-order valence-electron chi connectivity index (χ0n) is 17.5. The maximum Gasteiger partial charge on any atom is 0.416 e. The fraction of sp³-hybridized carbons (Fsp3) is 0.348. The summed E-state index contributed by atoms with van der Waals surface area (Å²) in [6, 6.07) is 13.9. The molecule has 0 unspecified atom stereocenters. The molecule has 4 rings (SSSR count). The highest BCUT2D eigenvalue weighted by Crippen LogP contribution is 2.32. The number of para-hydroxylation sites is 1. The third kappa shape index (κ3) is 4.99. The number of rotatable bonds is 5. The average molecular weight is 444 g/mol. The minimum atomic E-state index is -4.45. The molecule has 1 aliphatic rings. The molecule has 2 aromatic carbocycles. The van der Waals surface area contributed by atoms with Gasteiger partial charge in [-0.05, 0) is 50.6 Å². The Balaban J connectivity index is 1.44. The van der Waals surface area contributed by atoms with E-state index in [1.807, 2.05) is 37.3 Å². The van der Waals surface area contributed by atoms with Gasteiger partial charge in [-0.15, -0.1) is 0 Å². The Bertz CT molecular complexity index is 1070. The molecule has 2 heterocycles. The molecule has 9 heteroatoms. The molecular weight excluding hydrogens is 421 g/mol. The van der Waals surface area contributed by atoms with Gasteiger partial charge in [0, 0.05) is 17.8 Å². The van der Waals surface area contributed by atoms with Gasteiger partial charge in [0.2, 0.25) is 17.6 Å². The number of hydrogen-bond acceptors (Lipinski definition) is 5. The first kappa shape index (κ1) is 22.0. The summed E-state index contributed by atoms with van der Waals surface area (Å²) in [6.45, 7) is 3.18. The van der Waals surface area contributed by atoms with Gasteiger partial charge in [0.25, 0.3) is 0 Å². The fourth-order valence-corrected chi connectivity index (χ4v) is 3.85. The molecule has 6 nitrogen and oxygen atoms in total. The van der Waals surface area contributed by atoms with E-state index in [4.69, 9.17) is 4.52 Å².